The van der Waals surface area contributed by atoms with Crippen molar-refractivity contribution in [2.75, 3.05) is 13.7 Å². The minimum Gasteiger partial charge on any atom is -0.508 e. The molecule has 0 radical (unpaired) electrons. The number of carbonyl (C=O) groups is 1. The molecule has 48 heavy (non-hydrogen) atoms. The van der Waals surface area contributed by atoms with Gasteiger partial charge >= 0.3 is 5.97 Å². The van der Waals surface area contributed by atoms with Gasteiger partial charge in [-0.3, -0.25) is 0 Å². The summed E-state index contributed by atoms with van der Waals surface area (Å²) in [6, 6.07) is 34.6. The minimum atomic E-state index is -0.547. The van der Waals surface area contributed by atoms with Crippen LogP contribution in [0.3, 0.4) is 0 Å². The zero-order valence-electron chi connectivity index (χ0n) is 28.3. The lowest BCUT2D eigenvalue weighted by Crippen LogP contribution is -2.59. The van der Waals surface area contributed by atoms with Gasteiger partial charge in [0, 0.05) is 6.07 Å². The first-order chi connectivity index (χ1) is 23.5. The number of hydrogen-bond acceptors (Lipinski definition) is 8. The minimum absolute atomic E-state index is 0.0725. The summed E-state index contributed by atoms with van der Waals surface area (Å²) >= 11 is 0. The van der Waals surface area contributed by atoms with Crippen LogP contribution in [0, 0.1) is 0 Å². The monoisotopic (exact) mass is 656 g/mol. The molecule has 0 aliphatic carbocycles. The molecule has 0 aromatic heterocycles. The summed E-state index contributed by atoms with van der Waals surface area (Å²) in [6.07, 6.45) is -0.504. The highest BCUT2D eigenvalue weighted by Gasteiger charge is 2.46. The molecule has 1 aliphatic heterocycles. The van der Waals surface area contributed by atoms with E-state index in [1.807, 2.05) is 112 Å². The highest BCUT2D eigenvalue weighted by Crippen LogP contribution is 2.32. The van der Waals surface area contributed by atoms with Crippen molar-refractivity contribution in [3.05, 3.63) is 131 Å². The molecule has 5 atom stereocenters. The number of rotatable bonds is 15. The van der Waals surface area contributed by atoms with Crippen LogP contribution in [0.4, 0.5) is 0 Å². The Morgan fingerprint density at radius 2 is 1.21 bits per heavy atom. The number of phenolic OH excluding ortho intramolecular Hbond substituents is 1. The molecule has 1 N–H and O–H groups in total. The van der Waals surface area contributed by atoms with Crippen molar-refractivity contribution in [1.82, 2.24) is 0 Å². The molecule has 256 valence electrons. The van der Waals surface area contributed by atoms with E-state index in [0.717, 1.165) is 16.7 Å². The molecule has 8 heteroatoms. The molecule has 0 bridgehead atoms. The van der Waals surface area contributed by atoms with E-state index in [-0.39, 0.29) is 29.6 Å². The van der Waals surface area contributed by atoms with Crippen molar-refractivity contribution in [1.29, 1.82) is 0 Å². The molecule has 1 heterocycles. The van der Waals surface area contributed by atoms with E-state index >= 15 is 0 Å². The van der Waals surface area contributed by atoms with E-state index in [0.29, 0.717) is 45.0 Å². The molecule has 0 spiro atoms. The Kier molecular flexibility index (Phi) is 14.9. The fourth-order valence-electron chi connectivity index (χ4n) is 5.63. The Labute approximate surface area is 284 Å². The average molecular weight is 657 g/mol. The molecule has 1 saturated heterocycles. The van der Waals surface area contributed by atoms with Crippen molar-refractivity contribution in [3.8, 4) is 11.5 Å². The first-order valence-corrected chi connectivity index (χ1v) is 16.7. The quantitative estimate of drug-likeness (QED) is 0.102. The summed E-state index contributed by atoms with van der Waals surface area (Å²) in [5.41, 5.74) is 3.40. The number of esters is 1. The second-order valence-corrected chi connectivity index (χ2v) is 11.4. The second kappa shape index (κ2) is 19.6. The Bertz CT molecular complexity index is 1480. The van der Waals surface area contributed by atoms with E-state index in [2.05, 4.69) is 0 Å². The third kappa shape index (κ3) is 10.9. The van der Waals surface area contributed by atoms with E-state index in [1.54, 1.807) is 6.07 Å². The molecule has 5 unspecified atom stereocenters. The van der Waals surface area contributed by atoms with Gasteiger partial charge in [-0.25, -0.2) is 4.79 Å². The number of aromatic hydroxyl groups is 1. The maximum Gasteiger partial charge on any atom is 0.338 e. The van der Waals surface area contributed by atoms with Crippen LogP contribution in [0.15, 0.2) is 109 Å². The van der Waals surface area contributed by atoms with Crippen molar-refractivity contribution in [2.45, 2.75) is 84.0 Å². The smallest absolute Gasteiger partial charge is 0.338 e. The fraction of sp³-hybridized carbons (Fsp3) is 0.375. The first-order valence-electron chi connectivity index (χ1n) is 16.7. The summed E-state index contributed by atoms with van der Waals surface area (Å²) in [6.45, 7) is 7.59. The number of phenols is 1. The Hall–Kier alpha value is -4.21. The van der Waals surface area contributed by atoms with Crippen LogP contribution in [0.25, 0.3) is 0 Å². The molecule has 1 aliphatic rings. The zero-order valence-corrected chi connectivity index (χ0v) is 28.3. The maximum atomic E-state index is 12.0. The number of ether oxygens (including phenoxy) is 6. The Balaban J connectivity index is 0.00000255. The summed E-state index contributed by atoms with van der Waals surface area (Å²) < 4.78 is 37.2. The van der Waals surface area contributed by atoms with Crippen LogP contribution in [-0.4, -0.2) is 55.3 Å². The van der Waals surface area contributed by atoms with Crippen LogP contribution in [0.5, 0.6) is 11.5 Å². The number of hydrogen-bond donors (Lipinski definition) is 1. The molecule has 5 rings (SSSR count). The largest absolute Gasteiger partial charge is 0.508 e. The fourth-order valence-corrected chi connectivity index (χ4v) is 5.63. The number of methoxy groups -OCH3 is 1. The van der Waals surface area contributed by atoms with Crippen molar-refractivity contribution in [2.24, 2.45) is 0 Å². The summed E-state index contributed by atoms with van der Waals surface area (Å²) in [5.74, 6) is -0.236. The van der Waals surface area contributed by atoms with E-state index < -0.39 is 18.2 Å². The third-order valence-corrected chi connectivity index (χ3v) is 7.94. The van der Waals surface area contributed by atoms with Gasteiger partial charge in [-0.1, -0.05) is 105 Å². The third-order valence-electron chi connectivity index (χ3n) is 7.94. The van der Waals surface area contributed by atoms with Gasteiger partial charge < -0.3 is 33.5 Å². The van der Waals surface area contributed by atoms with Gasteiger partial charge in [-0.05, 0) is 48.6 Å². The van der Waals surface area contributed by atoms with Gasteiger partial charge in [0.15, 0.2) is 0 Å². The highest BCUT2D eigenvalue weighted by molar-refractivity contribution is 5.90. The van der Waals surface area contributed by atoms with Gasteiger partial charge in [0.1, 0.15) is 29.8 Å². The van der Waals surface area contributed by atoms with Crippen molar-refractivity contribution < 1.29 is 38.3 Å². The number of carbonyl (C=O) groups excluding carboxylic acids is 1. The summed E-state index contributed by atoms with van der Waals surface area (Å²) in [5, 5.41) is 10.1. The normalized spacial score (nSPS) is 20.3. The highest BCUT2D eigenvalue weighted by atomic mass is 16.6. The van der Waals surface area contributed by atoms with Gasteiger partial charge in [-0.15, -0.1) is 0 Å². The SMILES string of the molecule is CC.COC(=O)c1cc(O)cc(OCCCC2OC(C)C(OCc3ccccc3)C(OCc3ccccc3)C2OCc2ccccc2)c1. The molecule has 0 amide bonds. The number of benzene rings is 4. The standard InChI is InChI=1S/C38H42O8.C2H6/c1-27-35(43-24-28-13-6-3-7-14-28)37(45-26-30-17-10-5-11-18-30)36(44-25-29-15-8-4-9-16-29)34(46-27)19-12-20-42-33-22-31(38(40)41-2)21-32(39)23-33;1-2/h3-11,13-18,21-23,27,34-37,39H,12,19-20,24-26H2,1-2H3;1-2H3. The van der Waals surface area contributed by atoms with E-state index in [9.17, 15) is 9.90 Å². The van der Waals surface area contributed by atoms with Crippen LogP contribution in [0.1, 0.15) is 60.7 Å². The lowest BCUT2D eigenvalue weighted by Gasteiger charge is -2.45. The van der Waals surface area contributed by atoms with Gasteiger partial charge in [0.25, 0.3) is 0 Å². The maximum absolute atomic E-state index is 12.0. The van der Waals surface area contributed by atoms with E-state index in [4.69, 9.17) is 28.4 Å². The van der Waals surface area contributed by atoms with Crippen LogP contribution < -0.4 is 4.74 Å². The van der Waals surface area contributed by atoms with Gasteiger partial charge in [-0.2, -0.15) is 0 Å². The van der Waals surface area contributed by atoms with Crippen LogP contribution in [-0.2, 0) is 43.5 Å². The zero-order chi connectivity index (χ0) is 34.1. The first kappa shape index (κ1) is 36.6. The molecule has 4 aromatic rings. The second-order valence-electron chi connectivity index (χ2n) is 11.4. The molecule has 0 saturated carbocycles. The molecule has 8 nitrogen and oxygen atoms in total. The predicted molar refractivity (Wildman–Crippen MR) is 185 cm³/mol. The van der Waals surface area contributed by atoms with Crippen LogP contribution >= 0.6 is 0 Å². The van der Waals surface area contributed by atoms with Crippen LogP contribution in [0.2, 0.25) is 0 Å². The molecule has 4 aromatic carbocycles. The average Bonchev–Trinajstić information content (AvgIpc) is 3.13. The topological polar surface area (TPSA) is 92.7 Å². The molecule has 1 fully saturated rings. The van der Waals surface area contributed by atoms with Crippen molar-refractivity contribution in [3.63, 3.8) is 0 Å². The lowest BCUT2D eigenvalue weighted by atomic mass is 9.92. The predicted octanol–water partition coefficient (Wildman–Crippen LogP) is 7.91. The Morgan fingerprint density at radius 3 is 1.73 bits per heavy atom. The lowest BCUT2D eigenvalue weighted by molar-refractivity contribution is -0.262. The molecular weight excluding hydrogens is 608 g/mol. The van der Waals surface area contributed by atoms with Crippen molar-refractivity contribution >= 4 is 5.97 Å². The summed E-state index contributed by atoms with van der Waals surface area (Å²) in [7, 11) is 1.29. The summed E-state index contributed by atoms with van der Waals surface area (Å²) in [4.78, 5) is 12.0. The van der Waals surface area contributed by atoms with Gasteiger partial charge in [0.05, 0.1) is 51.3 Å². The van der Waals surface area contributed by atoms with Gasteiger partial charge in [0.2, 0.25) is 0 Å². The van der Waals surface area contributed by atoms with E-state index in [1.165, 1.54) is 19.2 Å². The molecular formula is C40H48O8. The Morgan fingerprint density at radius 1 is 0.708 bits per heavy atom.